The Kier molecular flexibility index (Phi) is 2.14. The van der Waals surface area contributed by atoms with Gasteiger partial charge in [0.15, 0.2) is 0 Å². The summed E-state index contributed by atoms with van der Waals surface area (Å²) >= 11 is 3.33. The van der Waals surface area contributed by atoms with Gasteiger partial charge in [0, 0.05) is 16.7 Å². The maximum atomic E-state index is 5.04. The Morgan fingerprint density at radius 2 is 1.85 bits per heavy atom. The molecule has 0 aliphatic carbocycles. The van der Waals surface area contributed by atoms with Gasteiger partial charge >= 0.3 is 0 Å². The van der Waals surface area contributed by atoms with Crippen LogP contribution in [0.5, 0.6) is 5.75 Å². The summed E-state index contributed by atoms with van der Waals surface area (Å²) in [6, 6.07) is 3.77. The quantitative estimate of drug-likeness (QED) is 0.766. The fourth-order valence-electron chi connectivity index (χ4n) is 1.07. The summed E-state index contributed by atoms with van der Waals surface area (Å²) in [5.41, 5.74) is 1.69. The Bertz CT molecular complexity index is 445. The van der Waals surface area contributed by atoms with Gasteiger partial charge in [-0.3, -0.25) is 9.97 Å². The first-order chi connectivity index (χ1) is 6.29. The molecule has 0 saturated carbocycles. The van der Waals surface area contributed by atoms with E-state index in [1.807, 2.05) is 12.1 Å². The van der Waals surface area contributed by atoms with E-state index in [9.17, 15) is 0 Å². The smallest absolute Gasteiger partial charge is 0.139 e. The van der Waals surface area contributed by atoms with E-state index in [0.29, 0.717) is 0 Å². The number of ether oxygens (including phenoxy) is 1. The Morgan fingerprint density at radius 1 is 1.15 bits per heavy atom. The lowest BCUT2D eigenvalue weighted by Crippen LogP contribution is -1.87. The molecule has 0 saturated heterocycles. The normalized spacial score (nSPS) is 10.3. The molecule has 0 N–H and O–H groups in total. The Morgan fingerprint density at radius 3 is 2.62 bits per heavy atom. The van der Waals surface area contributed by atoms with Crippen LogP contribution in [0.4, 0.5) is 0 Å². The topological polar surface area (TPSA) is 35.0 Å². The largest absolute Gasteiger partial charge is 0.495 e. The Hall–Kier alpha value is -1.16. The van der Waals surface area contributed by atoms with E-state index in [4.69, 9.17) is 4.74 Å². The van der Waals surface area contributed by atoms with Gasteiger partial charge in [0.2, 0.25) is 0 Å². The second-order valence-corrected chi connectivity index (χ2v) is 3.48. The van der Waals surface area contributed by atoms with E-state index < -0.39 is 0 Å². The minimum absolute atomic E-state index is 0.724. The Labute approximate surface area is 83.9 Å². The number of rotatable bonds is 1. The molecule has 0 radical (unpaired) electrons. The van der Waals surface area contributed by atoms with Crippen LogP contribution < -0.4 is 4.74 Å². The van der Waals surface area contributed by atoms with Crippen LogP contribution in [0.25, 0.3) is 11.0 Å². The molecule has 0 atom stereocenters. The van der Waals surface area contributed by atoms with Crippen molar-refractivity contribution in [1.29, 1.82) is 0 Å². The maximum absolute atomic E-state index is 5.04. The van der Waals surface area contributed by atoms with Gasteiger partial charge in [-0.15, -0.1) is 0 Å². The van der Waals surface area contributed by atoms with Gasteiger partial charge in [-0.25, -0.2) is 0 Å². The van der Waals surface area contributed by atoms with Crippen LogP contribution in [0.2, 0.25) is 0 Å². The molecule has 0 aliphatic rings. The van der Waals surface area contributed by atoms with E-state index in [1.54, 1.807) is 19.5 Å². The van der Waals surface area contributed by atoms with Crippen molar-refractivity contribution in [1.82, 2.24) is 9.97 Å². The van der Waals surface area contributed by atoms with Crippen LogP contribution in [-0.2, 0) is 0 Å². The molecule has 0 aromatic carbocycles. The van der Waals surface area contributed by atoms with E-state index >= 15 is 0 Å². The van der Waals surface area contributed by atoms with Gasteiger partial charge in [0.05, 0.1) is 24.3 Å². The molecular weight excluding hydrogens is 232 g/mol. The predicted octanol–water partition coefficient (Wildman–Crippen LogP) is 2.40. The molecule has 0 bridgehead atoms. The number of halogens is 1. The first-order valence-electron chi connectivity index (χ1n) is 3.75. The van der Waals surface area contributed by atoms with E-state index in [-0.39, 0.29) is 0 Å². The molecule has 13 heavy (non-hydrogen) atoms. The second-order valence-electron chi connectivity index (χ2n) is 2.57. The van der Waals surface area contributed by atoms with Gasteiger partial charge in [-0.2, -0.15) is 0 Å². The first-order valence-corrected chi connectivity index (χ1v) is 4.54. The number of aromatic nitrogens is 2. The van der Waals surface area contributed by atoms with Crippen LogP contribution in [0.3, 0.4) is 0 Å². The lowest BCUT2D eigenvalue weighted by Gasteiger charge is -2.00. The molecule has 3 nitrogen and oxygen atoms in total. The molecule has 0 fully saturated rings. The maximum Gasteiger partial charge on any atom is 0.139 e. The average molecular weight is 239 g/mol. The van der Waals surface area contributed by atoms with Crippen LogP contribution in [0.15, 0.2) is 29.0 Å². The summed E-state index contributed by atoms with van der Waals surface area (Å²) < 4.78 is 5.97. The fourth-order valence-corrected chi connectivity index (χ4v) is 1.39. The molecule has 4 heteroatoms. The van der Waals surface area contributed by atoms with E-state index in [1.165, 1.54) is 0 Å². The van der Waals surface area contributed by atoms with Gasteiger partial charge in [-0.1, -0.05) is 0 Å². The minimum Gasteiger partial charge on any atom is -0.495 e. The molecule has 2 aromatic rings. The van der Waals surface area contributed by atoms with E-state index in [2.05, 4.69) is 25.9 Å². The predicted molar refractivity (Wildman–Crippen MR) is 53.8 cm³/mol. The zero-order chi connectivity index (χ0) is 9.26. The Balaban J connectivity index is 2.66. The van der Waals surface area contributed by atoms with E-state index in [0.717, 1.165) is 21.3 Å². The minimum atomic E-state index is 0.724. The summed E-state index contributed by atoms with van der Waals surface area (Å²) in [6.07, 6.45) is 3.42. The lowest BCUT2D eigenvalue weighted by molar-refractivity contribution is 0.413. The van der Waals surface area contributed by atoms with Crippen molar-refractivity contribution in [2.75, 3.05) is 7.11 Å². The summed E-state index contributed by atoms with van der Waals surface area (Å²) in [4.78, 5) is 8.40. The number of fused-ring (bicyclic) bond motifs is 1. The number of pyridine rings is 2. The zero-order valence-corrected chi connectivity index (χ0v) is 8.58. The zero-order valence-electron chi connectivity index (χ0n) is 6.99. The number of hydrogen-bond donors (Lipinski definition) is 0. The van der Waals surface area contributed by atoms with Crippen LogP contribution in [0, 0.1) is 0 Å². The second kappa shape index (κ2) is 3.30. The highest BCUT2D eigenvalue weighted by Gasteiger charge is 1.98. The third kappa shape index (κ3) is 1.62. The van der Waals surface area contributed by atoms with Crippen LogP contribution in [-0.4, -0.2) is 17.1 Å². The first kappa shape index (κ1) is 8.44. The van der Waals surface area contributed by atoms with Crippen LogP contribution >= 0.6 is 15.9 Å². The van der Waals surface area contributed by atoms with Crippen molar-refractivity contribution in [3.05, 3.63) is 29.0 Å². The molecule has 0 spiro atoms. The monoisotopic (exact) mass is 238 g/mol. The molecule has 0 unspecified atom stereocenters. The molecule has 0 aliphatic heterocycles. The highest BCUT2D eigenvalue weighted by Crippen LogP contribution is 2.18. The van der Waals surface area contributed by atoms with Gasteiger partial charge in [-0.05, 0) is 22.0 Å². The fraction of sp³-hybridized carbons (Fsp3) is 0.111. The number of methoxy groups -OCH3 is 1. The average Bonchev–Trinajstić information content (AvgIpc) is 2.17. The lowest BCUT2D eigenvalue weighted by atomic mass is 10.3. The highest BCUT2D eigenvalue weighted by atomic mass is 79.9. The molecule has 2 aromatic heterocycles. The molecule has 2 rings (SSSR count). The van der Waals surface area contributed by atoms with Crippen molar-refractivity contribution >= 4 is 27.0 Å². The number of hydrogen-bond acceptors (Lipinski definition) is 3. The van der Waals surface area contributed by atoms with Crippen molar-refractivity contribution < 1.29 is 4.74 Å². The van der Waals surface area contributed by atoms with Crippen molar-refractivity contribution in [2.45, 2.75) is 0 Å². The van der Waals surface area contributed by atoms with Gasteiger partial charge in [0.1, 0.15) is 5.75 Å². The van der Waals surface area contributed by atoms with Gasteiger partial charge < -0.3 is 4.74 Å². The highest BCUT2D eigenvalue weighted by molar-refractivity contribution is 9.10. The van der Waals surface area contributed by atoms with Crippen molar-refractivity contribution in [3.8, 4) is 5.75 Å². The van der Waals surface area contributed by atoms with Crippen molar-refractivity contribution in [2.24, 2.45) is 0 Å². The number of nitrogens with zero attached hydrogens (tertiary/aromatic N) is 2. The SMILES string of the molecule is COc1cnc2cc(Br)cnc2c1. The van der Waals surface area contributed by atoms with Gasteiger partial charge in [0.25, 0.3) is 0 Å². The third-order valence-electron chi connectivity index (χ3n) is 1.71. The summed E-state index contributed by atoms with van der Waals surface area (Å²) in [5, 5.41) is 0. The summed E-state index contributed by atoms with van der Waals surface area (Å²) in [6.45, 7) is 0. The molecule has 2 heterocycles. The standard InChI is InChI=1S/C9H7BrN2O/c1-13-7-3-9-8(12-5-7)2-6(10)4-11-9/h2-5H,1H3. The molecule has 66 valence electrons. The summed E-state index contributed by atoms with van der Waals surface area (Å²) in [5.74, 6) is 0.724. The summed E-state index contributed by atoms with van der Waals surface area (Å²) in [7, 11) is 1.61. The van der Waals surface area contributed by atoms with Crippen LogP contribution in [0.1, 0.15) is 0 Å². The third-order valence-corrected chi connectivity index (χ3v) is 2.14. The molecule has 0 amide bonds. The van der Waals surface area contributed by atoms with Crippen molar-refractivity contribution in [3.63, 3.8) is 0 Å². The molecular formula is C9H7BrN2O.